The van der Waals surface area contributed by atoms with Crippen LogP contribution >= 0.6 is 11.8 Å². The molecule has 23 heavy (non-hydrogen) atoms. The molecule has 1 N–H and O–H groups in total. The number of anilines is 1. The monoisotopic (exact) mass is 342 g/mol. The summed E-state index contributed by atoms with van der Waals surface area (Å²) in [5.41, 5.74) is 0.342. The van der Waals surface area contributed by atoms with Crippen LogP contribution < -0.4 is 10.2 Å². The number of aliphatic imine (C=N–C) groups is 1. The Labute approximate surface area is 140 Å². The molecular formula is C16H24F2N4S. The summed E-state index contributed by atoms with van der Waals surface area (Å²) in [7, 11) is 0. The van der Waals surface area contributed by atoms with Crippen LogP contribution in [0, 0.1) is 11.6 Å². The summed E-state index contributed by atoms with van der Waals surface area (Å²) >= 11 is 1.77. The summed E-state index contributed by atoms with van der Waals surface area (Å²) in [6.07, 6.45) is 2.06. The highest BCUT2D eigenvalue weighted by atomic mass is 32.2. The second-order valence-corrected chi connectivity index (χ2v) is 6.28. The maximum absolute atomic E-state index is 13.9. The smallest absolute Gasteiger partial charge is 0.194 e. The molecule has 0 radical (unpaired) electrons. The normalized spacial score (nSPS) is 15.9. The molecule has 1 aromatic carbocycles. The molecule has 0 saturated carbocycles. The minimum absolute atomic E-state index is 0.342. The van der Waals surface area contributed by atoms with Gasteiger partial charge in [0.05, 0.1) is 12.2 Å². The fourth-order valence-corrected chi connectivity index (χ4v) is 2.83. The molecule has 1 aliphatic rings. The van der Waals surface area contributed by atoms with Crippen LogP contribution in [-0.2, 0) is 0 Å². The molecule has 0 bridgehead atoms. The van der Waals surface area contributed by atoms with E-state index in [4.69, 9.17) is 0 Å². The SMILES string of the molecule is CCNC(=NCCSC)N1CCN(c2cc(F)ccc2F)CC1. The molecular weight excluding hydrogens is 318 g/mol. The third-order valence-corrected chi connectivity index (χ3v) is 4.31. The number of halogens is 2. The molecule has 0 aromatic heterocycles. The summed E-state index contributed by atoms with van der Waals surface area (Å²) in [5, 5.41) is 3.30. The van der Waals surface area contributed by atoms with Gasteiger partial charge in [-0.3, -0.25) is 4.99 Å². The van der Waals surface area contributed by atoms with E-state index in [1.807, 2.05) is 11.8 Å². The summed E-state index contributed by atoms with van der Waals surface area (Å²) in [5.74, 6) is 1.11. The first-order valence-corrected chi connectivity index (χ1v) is 9.27. The third kappa shape index (κ3) is 4.99. The van der Waals surface area contributed by atoms with Crippen LogP contribution in [0.1, 0.15) is 6.92 Å². The molecule has 128 valence electrons. The minimum atomic E-state index is -0.407. The molecule has 7 heteroatoms. The highest BCUT2D eigenvalue weighted by molar-refractivity contribution is 7.98. The number of piperazine rings is 1. The van der Waals surface area contributed by atoms with E-state index in [1.54, 1.807) is 11.8 Å². The first kappa shape index (κ1) is 17.8. The van der Waals surface area contributed by atoms with E-state index >= 15 is 0 Å². The fraction of sp³-hybridized carbons (Fsp3) is 0.562. The van der Waals surface area contributed by atoms with Crippen molar-refractivity contribution in [1.29, 1.82) is 0 Å². The second kappa shape index (κ2) is 8.96. The molecule has 1 saturated heterocycles. The quantitative estimate of drug-likeness (QED) is 0.506. The fourth-order valence-electron chi connectivity index (χ4n) is 2.56. The predicted octanol–water partition coefficient (Wildman–Crippen LogP) is 2.42. The Kier molecular flexibility index (Phi) is 6.95. The van der Waals surface area contributed by atoms with Gasteiger partial charge in [0.15, 0.2) is 5.96 Å². The van der Waals surface area contributed by atoms with Crippen LogP contribution in [-0.4, -0.2) is 62.1 Å². The largest absolute Gasteiger partial charge is 0.366 e. The highest BCUT2D eigenvalue weighted by Crippen LogP contribution is 2.21. The lowest BCUT2D eigenvalue weighted by molar-refractivity contribution is 0.371. The molecule has 2 rings (SSSR count). The summed E-state index contributed by atoms with van der Waals surface area (Å²) in [6.45, 7) is 6.41. The number of nitrogens with zero attached hydrogens (tertiary/aromatic N) is 3. The first-order valence-electron chi connectivity index (χ1n) is 7.88. The van der Waals surface area contributed by atoms with E-state index in [1.165, 1.54) is 12.1 Å². The van der Waals surface area contributed by atoms with E-state index < -0.39 is 5.82 Å². The molecule has 0 aliphatic carbocycles. The molecule has 4 nitrogen and oxygen atoms in total. The van der Waals surface area contributed by atoms with Gasteiger partial charge < -0.3 is 15.1 Å². The van der Waals surface area contributed by atoms with E-state index in [0.29, 0.717) is 18.8 Å². The zero-order valence-electron chi connectivity index (χ0n) is 13.7. The van der Waals surface area contributed by atoms with Crippen molar-refractivity contribution in [2.24, 2.45) is 4.99 Å². The Bertz CT molecular complexity index is 531. The standard InChI is InChI=1S/C16H24F2N4S/c1-3-19-16(20-6-11-23-2)22-9-7-21(8-10-22)15-12-13(17)4-5-14(15)18/h4-5,12H,3,6-11H2,1-2H3,(H,19,20). The first-order chi connectivity index (χ1) is 11.2. The van der Waals surface area contributed by atoms with Crippen LogP contribution in [0.15, 0.2) is 23.2 Å². The number of nitrogens with one attached hydrogen (secondary N) is 1. The summed E-state index contributed by atoms with van der Waals surface area (Å²) < 4.78 is 27.2. The predicted molar refractivity (Wildman–Crippen MR) is 94.5 cm³/mol. The third-order valence-electron chi connectivity index (χ3n) is 3.72. The van der Waals surface area contributed by atoms with Crippen molar-refractivity contribution in [3.8, 4) is 0 Å². The van der Waals surface area contributed by atoms with E-state index in [0.717, 1.165) is 44.0 Å². The van der Waals surface area contributed by atoms with Gasteiger partial charge in [-0.05, 0) is 25.3 Å². The Morgan fingerprint density at radius 3 is 2.65 bits per heavy atom. The van der Waals surface area contributed by atoms with Gasteiger partial charge in [-0.2, -0.15) is 11.8 Å². The lowest BCUT2D eigenvalue weighted by Gasteiger charge is -2.37. The van der Waals surface area contributed by atoms with Gasteiger partial charge in [0, 0.05) is 44.5 Å². The van der Waals surface area contributed by atoms with Crippen molar-refractivity contribution < 1.29 is 8.78 Å². The Hall–Kier alpha value is -1.50. The van der Waals surface area contributed by atoms with Gasteiger partial charge >= 0.3 is 0 Å². The Balaban J connectivity index is 1.98. The molecule has 1 fully saturated rings. The maximum Gasteiger partial charge on any atom is 0.194 e. The van der Waals surface area contributed by atoms with E-state index in [-0.39, 0.29) is 5.82 Å². The number of benzene rings is 1. The highest BCUT2D eigenvalue weighted by Gasteiger charge is 2.21. The van der Waals surface area contributed by atoms with Crippen molar-refractivity contribution in [1.82, 2.24) is 10.2 Å². The van der Waals surface area contributed by atoms with Gasteiger partial charge in [-0.15, -0.1) is 0 Å². The average molecular weight is 342 g/mol. The molecule has 1 aromatic rings. The number of rotatable bonds is 5. The van der Waals surface area contributed by atoms with Gasteiger partial charge in [0.2, 0.25) is 0 Å². The van der Waals surface area contributed by atoms with Crippen LogP contribution in [0.3, 0.4) is 0 Å². The topological polar surface area (TPSA) is 30.9 Å². The van der Waals surface area contributed by atoms with Gasteiger partial charge in [-0.1, -0.05) is 0 Å². The van der Waals surface area contributed by atoms with Gasteiger partial charge in [0.1, 0.15) is 11.6 Å². The van der Waals surface area contributed by atoms with Crippen molar-refractivity contribution in [2.75, 3.05) is 56.2 Å². The van der Waals surface area contributed by atoms with Crippen LogP contribution in [0.25, 0.3) is 0 Å². The van der Waals surface area contributed by atoms with Crippen LogP contribution in [0.2, 0.25) is 0 Å². The maximum atomic E-state index is 13.9. The van der Waals surface area contributed by atoms with Crippen molar-refractivity contribution in [2.45, 2.75) is 6.92 Å². The second-order valence-electron chi connectivity index (χ2n) is 5.30. The molecule has 0 atom stereocenters. The molecule has 0 spiro atoms. The number of hydrogen-bond acceptors (Lipinski definition) is 3. The lowest BCUT2D eigenvalue weighted by atomic mass is 10.2. The molecule has 1 aliphatic heterocycles. The zero-order valence-corrected chi connectivity index (χ0v) is 14.5. The Morgan fingerprint density at radius 1 is 1.26 bits per heavy atom. The molecule has 0 unspecified atom stereocenters. The molecule has 1 heterocycles. The summed E-state index contributed by atoms with van der Waals surface area (Å²) in [4.78, 5) is 8.68. The van der Waals surface area contributed by atoms with Gasteiger partial charge in [0.25, 0.3) is 0 Å². The lowest BCUT2D eigenvalue weighted by Crippen LogP contribution is -2.52. The van der Waals surface area contributed by atoms with E-state index in [2.05, 4.69) is 21.5 Å². The van der Waals surface area contributed by atoms with Crippen molar-refractivity contribution in [3.05, 3.63) is 29.8 Å². The number of guanidine groups is 1. The van der Waals surface area contributed by atoms with Crippen molar-refractivity contribution >= 4 is 23.4 Å². The van der Waals surface area contributed by atoms with Gasteiger partial charge in [-0.25, -0.2) is 8.78 Å². The average Bonchev–Trinajstić information content (AvgIpc) is 2.57. The number of thioether (sulfide) groups is 1. The zero-order chi connectivity index (χ0) is 16.7. The molecule has 0 amide bonds. The van der Waals surface area contributed by atoms with Crippen LogP contribution in [0.5, 0.6) is 0 Å². The van der Waals surface area contributed by atoms with Crippen molar-refractivity contribution in [3.63, 3.8) is 0 Å². The summed E-state index contributed by atoms with van der Waals surface area (Å²) in [6, 6.07) is 3.60. The number of hydrogen-bond donors (Lipinski definition) is 1. The van der Waals surface area contributed by atoms with E-state index in [9.17, 15) is 8.78 Å². The Morgan fingerprint density at radius 2 is 2.00 bits per heavy atom. The minimum Gasteiger partial charge on any atom is -0.366 e. The van der Waals surface area contributed by atoms with Crippen LogP contribution in [0.4, 0.5) is 14.5 Å².